The van der Waals surface area contributed by atoms with Crippen molar-refractivity contribution < 1.29 is 8.42 Å². The van der Waals surface area contributed by atoms with Crippen molar-refractivity contribution in [3.05, 3.63) is 18.5 Å². The summed E-state index contributed by atoms with van der Waals surface area (Å²) >= 11 is 0. The van der Waals surface area contributed by atoms with E-state index in [1.165, 1.54) is 0 Å². The van der Waals surface area contributed by atoms with Gasteiger partial charge in [0.1, 0.15) is 0 Å². The quantitative estimate of drug-likeness (QED) is 0.603. The molecule has 0 saturated heterocycles. The minimum Gasteiger partial charge on any atom is -0.317 e. The Hall–Kier alpha value is -0.920. The number of hydrogen-bond donors (Lipinski definition) is 2. The first-order valence-corrected chi connectivity index (χ1v) is 7.45. The Labute approximate surface area is 102 Å². The number of nitrogens with one attached hydrogen (secondary N) is 2. The van der Waals surface area contributed by atoms with Crippen molar-refractivity contribution in [3.8, 4) is 0 Å². The van der Waals surface area contributed by atoms with Gasteiger partial charge >= 0.3 is 0 Å². The molecular weight excluding hydrogens is 240 g/mol. The fourth-order valence-electron chi connectivity index (χ4n) is 1.38. The normalized spacial score (nSPS) is 11.8. The summed E-state index contributed by atoms with van der Waals surface area (Å²) in [6.45, 7) is 4.53. The lowest BCUT2D eigenvalue weighted by Crippen LogP contribution is -2.31. The molecule has 0 radical (unpaired) electrons. The van der Waals surface area contributed by atoms with Gasteiger partial charge in [0.25, 0.3) is 0 Å². The lowest BCUT2D eigenvalue weighted by atomic mass is 10.5. The predicted octanol–water partition coefficient (Wildman–Crippen LogP) is -0.198. The molecule has 0 aliphatic carbocycles. The molecular formula is C10H20N4O2S. The molecule has 0 atom stereocenters. The maximum Gasteiger partial charge on any atom is 0.211 e. The first kappa shape index (κ1) is 14.1. The van der Waals surface area contributed by atoms with Gasteiger partial charge in [0.2, 0.25) is 10.0 Å². The van der Waals surface area contributed by atoms with Gasteiger partial charge in [-0.2, -0.15) is 5.10 Å². The average molecular weight is 260 g/mol. The smallest absolute Gasteiger partial charge is 0.211 e. The first-order chi connectivity index (χ1) is 8.14. The van der Waals surface area contributed by atoms with E-state index in [2.05, 4.69) is 15.1 Å². The number of nitrogens with zero attached hydrogens (tertiary/aromatic N) is 2. The number of hydrogen-bond acceptors (Lipinski definition) is 4. The summed E-state index contributed by atoms with van der Waals surface area (Å²) in [5, 5.41) is 7.09. The Morgan fingerprint density at radius 3 is 2.82 bits per heavy atom. The standard InChI is InChI=1S/C10H20N4O2S/c1-2-11-5-4-10-17(15,16)13-7-9-14-8-3-6-12-14/h3,6,8,11,13H,2,4-5,7,9-10H2,1H3. The Kier molecular flexibility index (Phi) is 6.17. The van der Waals surface area contributed by atoms with E-state index in [1.54, 1.807) is 17.1 Å². The zero-order chi connectivity index (χ0) is 12.6. The fraction of sp³-hybridized carbons (Fsp3) is 0.700. The van der Waals surface area contributed by atoms with Crippen molar-refractivity contribution in [2.45, 2.75) is 19.9 Å². The zero-order valence-electron chi connectivity index (χ0n) is 10.1. The van der Waals surface area contributed by atoms with Crippen molar-refractivity contribution in [3.63, 3.8) is 0 Å². The summed E-state index contributed by atoms with van der Waals surface area (Å²) in [4.78, 5) is 0. The number of aromatic nitrogens is 2. The van der Waals surface area contributed by atoms with Crippen molar-refractivity contribution in [1.82, 2.24) is 19.8 Å². The maximum atomic E-state index is 11.6. The van der Waals surface area contributed by atoms with E-state index >= 15 is 0 Å². The summed E-state index contributed by atoms with van der Waals surface area (Å²) in [5.41, 5.74) is 0. The Balaban J connectivity index is 2.16. The van der Waals surface area contributed by atoms with Crippen LogP contribution in [0.25, 0.3) is 0 Å². The van der Waals surface area contributed by atoms with Crippen molar-refractivity contribution in [1.29, 1.82) is 0 Å². The Morgan fingerprint density at radius 1 is 1.35 bits per heavy atom. The van der Waals surface area contributed by atoms with Gasteiger partial charge in [-0.15, -0.1) is 0 Å². The van der Waals surface area contributed by atoms with E-state index < -0.39 is 10.0 Å². The van der Waals surface area contributed by atoms with E-state index in [0.717, 1.165) is 13.1 Å². The second-order valence-electron chi connectivity index (χ2n) is 3.69. The number of rotatable bonds is 9. The maximum absolute atomic E-state index is 11.6. The molecule has 0 spiro atoms. The Bertz CT molecular complexity index is 388. The molecule has 1 heterocycles. The minimum absolute atomic E-state index is 0.166. The van der Waals surface area contributed by atoms with Gasteiger partial charge in [0, 0.05) is 18.9 Å². The van der Waals surface area contributed by atoms with E-state index in [0.29, 0.717) is 19.5 Å². The lowest BCUT2D eigenvalue weighted by molar-refractivity contribution is 0.557. The molecule has 1 rings (SSSR count). The highest BCUT2D eigenvalue weighted by molar-refractivity contribution is 7.89. The van der Waals surface area contributed by atoms with E-state index in [-0.39, 0.29) is 5.75 Å². The third-order valence-corrected chi connectivity index (χ3v) is 3.71. The van der Waals surface area contributed by atoms with Gasteiger partial charge in [-0.3, -0.25) is 4.68 Å². The minimum atomic E-state index is -3.15. The molecule has 0 bridgehead atoms. The van der Waals surface area contributed by atoms with Crippen LogP contribution >= 0.6 is 0 Å². The van der Waals surface area contributed by atoms with Gasteiger partial charge in [-0.25, -0.2) is 13.1 Å². The predicted molar refractivity (Wildman–Crippen MR) is 67.2 cm³/mol. The van der Waals surface area contributed by atoms with Crippen molar-refractivity contribution >= 4 is 10.0 Å². The average Bonchev–Trinajstić information content (AvgIpc) is 2.77. The monoisotopic (exact) mass is 260 g/mol. The Morgan fingerprint density at radius 2 is 2.18 bits per heavy atom. The fourth-order valence-corrected chi connectivity index (χ4v) is 2.46. The third kappa shape index (κ3) is 6.40. The second kappa shape index (κ2) is 7.41. The third-order valence-electron chi connectivity index (χ3n) is 2.24. The lowest BCUT2D eigenvalue weighted by Gasteiger charge is -2.07. The highest BCUT2D eigenvalue weighted by atomic mass is 32.2. The van der Waals surface area contributed by atoms with E-state index in [1.807, 2.05) is 13.0 Å². The molecule has 0 aromatic carbocycles. The highest BCUT2D eigenvalue weighted by Crippen LogP contribution is 1.89. The summed E-state index contributed by atoms with van der Waals surface area (Å²) in [6, 6.07) is 1.81. The second-order valence-corrected chi connectivity index (χ2v) is 5.62. The molecule has 0 saturated carbocycles. The molecule has 0 aliphatic rings. The highest BCUT2D eigenvalue weighted by Gasteiger charge is 2.08. The topological polar surface area (TPSA) is 76.0 Å². The van der Waals surface area contributed by atoms with Gasteiger partial charge in [-0.05, 0) is 25.6 Å². The summed E-state index contributed by atoms with van der Waals surface area (Å²) < 4.78 is 27.4. The van der Waals surface area contributed by atoms with Crippen molar-refractivity contribution in [2.75, 3.05) is 25.4 Å². The van der Waals surface area contributed by atoms with Crippen LogP contribution in [-0.4, -0.2) is 43.6 Å². The van der Waals surface area contributed by atoms with E-state index in [4.69, 9.17) is 0 Å². The van der Waals surface area contributed by atoms with Crippen LogP contribution in [0.5, 0.6) is 0 Å². The molecule has 1 aromatic heterocycles. The molecule has 7 heteroatoms. The van der Waals surface area contributed by atoms with Crippen LogP contribution in [0.2, 0.25) is 0 Å². The molecule has 0 amide bonds. The van der Waals surface area contributed by atoms with Gasteiger partial charge in [-0.1, -0.05) is 6.92 Å². The van der Waals surface area contributed by atoms with Crippen LogP contribution in [0.4, 0.5) is 0 Å². The summed E-state index contributed by atoms with van der Waals surface area (Å²) in [6.07, 6.45) is 4.11. The van der Waals surface area contributed by atoms with Crippen LogP contribution < -0.4 is 10.0 Å². The SMILES string of the molecule is CCNCCCS(=O)(=O)NCCn1cccn1. The zero-order valence-corrected chi connectivity index (χ0v) is 10.9. The van der Waals surface area contributed by atoms with Crippen LogP contribution in [0.1, 0.15) is 13.3 Å². The van der Waals surface area contributed by atoms with Crippen LogP contribution in [-0.2, 0) is 16.6 Å². The van der Waals surface area contributed by atoms with Gasteiger partial charge in [0.05, 0.1) is 12.3 Å². The number of sulfonamides is 1. The summed E-state index contributed by atoms with van der Waals surface area (Å²) in [5.74, 6) is 0.166. The van der Waals surface area contributed by atoms with Gasteiger partial charge in [0.15, 0.2) is 0 Å². The molecule has 2 N–H and O–H groups in total. The molecule has 0 unspecified atom stereocenters. The molecule has 98 valence electrons. The molecule has 1 aromatic rings. The molecule has 17 heavy (non-hydrogen) atoms. The van der Waals surface area contributed by atoms with Gasteiger partial charge < -0.3 is 5.32 Å². The molecule has 6 nitrogen and oxygen atoms in total. The molecule has 0 aliphatic heterocycles. The van der Waals surface area contributed by atoms with Crippen molar-refractivity contribution in [2.24, 2.45) is 0 Å². The molecule has 0 fully saturated rings. The summed E-state index contributed by atoms with van der Waals surface area (Å²) in [7, 11) is -3.15. The first-order valence-electron chi connectivity index (χ1n) is 5.79. The van der Waals surface area contributed by atoms with Crippen LogP contribution in [0, 0.1) is 0 Å². The largest absolute Gasteiger partial charge is 0.317 e. The van der Waals surface area contributed by atoms with Crippen LogP contribution in [0.3, 0.4) is 0 Å². The van der Waals surface area contributed by atoms with Crippen LogP contribution in [0.15, 0.2) is 18.5 Å². The van der Waals surface area contributed by atoms with E-state index in [9.17, 15) is 8.42 Å².